The second kappa shape index (κ2) is 8.61. The number of nitrogens with one attached hydrogen (secondary N) is 2. The van der Waals surface area contributed by atoms with Crippen LogP contribution in [0.25, 0.3) is 0 Å². The lowest BCUT2D eigenvalue weighted by Crippen LogP contribution is -2.21. The number of rotatable bonds is 6. The van der Waals surface area contributed by atoms with Crippen molar-refractivity contribution in [3.05, 3.63) is 58.7 Å². The molecule has 2 amide bonds. The zero-order chi connectivity index (χ0) is 21.0. The molecular formula is C19H19ClN6O3. The number of hydrogen-bond acceptors (Lipinski definition) is 6. The molecule has 0 spiro atoms. The Morgan fingerprint density at radius 3 is 2.59 bits per heavy atom. The maximum absolute atomic E-state index is 12.5. The van der Waals surface area contributed by atoms with Gasteiger partial charge in [-0.2, -0.15) is 0 Å². The van der Waals surface area contributed by atoms with Crippen molar-refractivity contribution < 1.29 is 14.3 Å². The Hall–Kier alpha value is -3.59. The molecule has 3 aromatic rings. The summed E-state index contributed by atoms with van der Waals surface area (Å²) in [7, 11) is 1.47. The van der Waals surface area contributed by atoms with Gasteiger partial charge in [0.1, 0.15) is 12.3 Å². The van der Waals surface area contributed by atoms with Crippen LogP contribution < -0.4 is 21.1 Å². The van der Waals surface area contributed by atoms with Gasteiger partial charge in [-0.1, -0.05) is 34.5 Å². The second-order valence-electron chi connectivity index (χ2n) is 6.19. The summed E-state index contributed by atoms with van der Waals surface area (Å²) in [5.41, 5.74) is 7.92. The average molecular weight is 415 g/mol. The van der Waals surface area contributed by atoms with E-state index in [0.29, 0.717) is 22.1 Å². The molecule has 9 nitrogen and oxygen atoms in total. The van der Waals surface area contributed by atoms with Crippen LogP contribution in [0.15, 0.2) is 42.5 Å². The third-order valence-corrected chi connectivity index (χ3v) is 4.26. The average Bonchev–Trinajstić information content (AvgIpc) is 3.04. The minimum Gasteiger partial charge on any atom is -0.495 e. The number of methoxy groups -OCH3 is 1. The summed E-state index contributed by atoms with van der Waals surface area (Å²) >= 11 is 5.96. The molecule has 10 heteroatoms. The molecule has 0 aliphatic heterocycles. The topological polar surface area (TPSA) is 124 Å². The zero-order valence-electron chi connectivity index (χ0n) is 15.8. The summed E-state index contributed by atoms with van der Waals surface area (Å²) in [6.07, 6.45) is 0. The molecule has 29 heavy (non-hydrogen) atoms. The highest BCUT2D eigenvalue weighted by atomic mass is 35.5. The van der Waals surface area contributed by atoms with Crippen molar-refractivity contribution in [3.8, 4) is 5.75 Å². The Balaban J connectivity index is 1.70. The van der Waals surface area contributed by atoms with E-state index in [1.54, 1.807) is 24.3 Å². The molecule has 0 radical (unpaired) electrons. The lowest BCUT2D eigenvalue weighted by molar-refractivity contribution is -0.116. The van der Waals surface area contributed by atoms with E-state index >= 15 is 0 Å². The fourth-order valence-electron chi connectivity index (χ4n) is 2.53. The molecule has 0 fully saturated rings. The number of anilines is 3. The number of nitrogens with two attached hydrogens (primary N) is 1. The van der Waals surface area contributed by atoms with Gasteiger partial charge in [0.05, 0.1) is 12.8 Å². The first-order chi connectivity index (χ1) is 13.9. The predicted molar refractivity (Wildman–Crippen MR) is 110 cm³/mol. The Bertz CT molecular complexity index is 1050. The highest BCUT2D eigenvalue weighted by Crippen LogP contribution is 2.28. The second-order valence-corrected chi connectivity index (χ2v) is 6.63. The Morgan fingerprint density at radius 2 is 1.90 bits per heavy atom. The highest BCUT2D eigenvalue weighted by Gasteiger charge is 2.20. The third-order valence-electron chi connectivity index (χ3n) is 4.03. The Kier molecular flexibility index (Phi) is 5.99. The number of nitrogens with zero attached hydrogens (tertiary/aromatic N) is 3. The minimum atomic E-state index is -0.603. The van der Waals surface area contributed by atoms with E-state index in [1.807, 2.05) is 19.1 Å². The summed E-state index contributed by atoms with van der Waals surface area (Å²) in [4.78, 5) is 24.8. The van der Waals surface area contributed by atoms with Crippen LogP contribution in [0, 0.1) is 6.92 Å². The maximum Gasteiger partial charge on any atom is 0.280 e. The number of ether oxygens (including phenoxy) is 1. The molecule has 0 atom stereocenters. The summed E-state index contributed by atoms with van der Waals surface area (Å²) in [6, 6.07) is 12.1. The summed E-state index contributed by atoms with van der Waals surface area (Å²) in [5.74, 6) is -0.573. The first kappa shape index (κ1) is 20.2. The van der Waals surface area contributed by atoms with Crippen LogP contribution in [-0.4, -0.2) is 33.9 Å². The molecule has 4 N–H and O–H groups in total. The van der Waals surface area contributed by atoms with Gasteiger partial charge >= 0.3 is 0 Å². The van der Waals surface area contributed by atoms with Crippen molar-refractivity contribution in [3.63, 3.8) is 0 Å². The molecule has 1 aromatic heterocycles. The van der Waals surface area contributed by atoms with Crippen LogP contribution >= 0.6 is 11.6 Å². The number of amides is 2. The van der Waals surface area contributed by atoms with E-state index in [2.05, 4.69) is 20.9 Å². The van der Waals surface area contributed by atoms with Crippen LogP contribution in [-0.2, 0) is 11.3 Å². The molecule has 0 saturated heterocycles. The smallest absolute Gasteiger partial charge is 0.280 e. The Morgan fingerprint density at radius 1 is 1.17 bits per heavy atom. The fraction of sp³-hybridized carbons (Fsp3) is 0.158. The lowest BCUT2D eigenvalue weighted by atomic mass is 10.2. The highest BCUT2D eigenvalue weighted by molar-refractivity contribution is 6.31. The number of hydrogen-bond donors (Lipinski definition) is 3. The number of aromatic nitrogens is 3. The molecule has 0 aliphatic rings. The molecule has 3 rings (SSSR count). The molecule has 150 valence electrons. The van der Waals surface area contributed by atoms with Crippen molar-refractivity contribution in [2.24, 2.45) is 0 Å². The van der Waals surface area contributed by atoms with E-state index in [9.17, 15) is 9.59 Å². The number of halogens is 1. The predicted octanol–water partition coefficient (Wildman–Crippen LogP) is 2.72. The van der Waals surface area contributed by atoms with Crippen molar-refractivity contribution in [2.75, 3.05) is 23.5 Å². The maximum atomic E-state index is 12.5. The fourth-order valence-corrected chi connectivity index (χ4v) is 2.70. The zero-order valence-corrected chi connectivity index (χ0v) is 16.5. The van der Waals surface area contributed by atoms with E-state index in [1.165, 1.54) is 13.2 Å². The summed E-state index contributed by atoms with van der Waals surface area (Å²) in [6.45, 7) is 1.76. The molecule has 0 unspecified atom stereocenters. The van der Waals surface area contributed by atoms with Gasteiger partial charge in [-0.05, 0) is 37.3 Å². The van der Waals surface area contributed by atoms with E-state index in [0.717, 1.165) is 10.2 Å². The number of carbonyl (C=O) groups excluding carboxylic acids is 2. The van der Waals surface area contributed by atoms with Gasteiger partial charge in [0.25, 0.3) is 5.91 Å². The van der Waals surface area contributed by atoms with Gasteiger partial charge in [-0.3, -0.25) is 9.59 Å². The van der Waals surface area contributed by atoms with Crippen molar-refractivity contribution >= 4 is 40.6 Å². The quantitative estimate of drug-likeness (QED) is 0.569. The summed E-state index contributed by atoms with van der Waals surface area (Å²) in [5, 5.41) is 13.4. The SMILES string of the molecule is COc1ccc(Cl)cc1NC(=O)c1nnn(CC(=O)Nc2ccc(C)cc2)c1N. The normalized spacial score (nSPS) is 10.4. The number of nitrogen functional groups attached to an aromatic ring is 1. The number of aryl methyl sites for hydroxylation is 1. The van der Waals surface area contributed by atoms with Gasteiger partial charge < -0.3 is 21.1 Å². The monoisotopic (exact) mass is 414 g/mol. The molecule has 0 aliphatic carbocycles. The molecular weight excluding hydrogens is 396 g/mol. The standard InChI is InChI=1S/C19H19ClN6O3/c1-11-3-6-13(7-4-11)22-16(27)10-26-18(21)17(24-25-26)19(28)23-14-9-12(20)5-8-15(14)29-2/h3-9H,10,21H2,1-2H3,(H,22,27)(H,23,28). The number of carbonyl (C=O) groups is 2. The van der Waals surface area contributed by atoms with Gasteiger partial charge in [0.15, 0.2) is 11.5 Å². The van der Waals surface area contributed by atoms with Gasteiger partial charge in [0, 0.05) is 10.7 Å². The van der Waals surface area contributed by atoms with Crippen molar-refractivity contribution in [1.82, 2.24) is 15.0 Å². The largest absolute Gasteiger partial charge is 0.495 e. The van der Waals surface area contributed by atoms with Crippen LogP contribution in [0.4, 0.5) is 17.2 Å². The minimum absolute atomic E-state index is 0.0393. The van der Waals surface area contributed by atoms with E-state index in [-0.39, 0.29) is 24.0 Å². The first-order valence-corrected chi connectivity index (χ1v) is 8.95. The lowest BCUT2D eigenvalue weighted by Gasteiger charge is -2.10. The van der Waals surface area contributed by atoms with E-state index in [4.69, 9.17) is 22.1 Å². The summed E-state index contributed by atoms with van der Waals surface area (Å²) < 4.78 is 6.34. The van der Waals surface area contributed by atoms with Crippen LogP contribution in [0.2, 0.25) is 5.02 Å². The van der Waals surface area contributed by atoms with Crippen molar-refractivity contribution in [1.29, 1.82) is 0 Å². The van der Waals surface area contributed by atoms with Crippen LogP contribution in [0.3, 0.4) is 0 Å². The van der Waals surface area contributed by atoms with Gasteiger partial charge in [0.2, 0.25) is 5.91 Å². The van der Waals surface area contributed by atoms with Crippen molar-refractivity contribution in [2.45, 2.75) is 13.5 Å². The van der Waals surface area contributed by atoms with Crippen LogP contribution in [0.5, 0.6) is 5.75 Å². The molecule has 0 saturated carbocycles. The first-order valence-electron chi connectivity index (χ1n) is 8.57. The molecule has 0 bridgehead atoms. The van der Waals surface area contributed by atoms with Crippen LogP contribution in [0.1, 0.15) is 16.1 Å². The van der Waals surface area contributed by atoms with E-state index < -0.39 is 5.91 Å². The molecule has 1 heterocycles. The van der Waals surface area contributed by atoms with Gasteiger partial charge in [-0.15, -0.1) is 5.10 Å². The number of benzene rings is 2. The Labute approximate surface area is 171 Å². The molecule has 2 aromatic carbocycles. The van der Waals surface area contributed by atoms with Gasteiger partial charge in [-0.25, -0.2) is 4.68 Å². The third kappa shape index (κ3) is 4.82.